The van der Waals surface area contributed by atoms with Crippen molar-refractivity contribution in [3.8, 4) is 5.75 Å². The quantitative estimate of drug-likeness (QED) is 0.628. The lowest BCUT2D eigenvalue weighted by atomic mass is 10.1. The van der Waals surface area contributed by atoms with Crippen LogP contribution in [0.5, 0.6) is 5.75 Å². The van der Waals surface area contributed by atoms with E-state index in [0.717, 1.165) is 35.3 Å². The maximum absolute atomic E-state index is 12.0. The van der Waals surface area contributed by atoms with Gasteiger partial charge in [-0.05, 0) is 48.7 Å². The predicted molar refractivity (Wildman–Crippen MR) is 112 cm³/mol. The van der Waals surface area contributed by atoms with Gasteiger partial charge in [0, 0.05) is 26.7 Å². The van der Waals surface area contributed by atoms with Gasteiger partial charge in [-0.2, -0.15) is 0 Å². The Morgan fingerprint density at radius 3 is 2.43 bits per heavy atom. The Morgan fingerprint density at radius 1 is 1.07 bits per heavy atom. The molecule has 0 aliphatic carbocycles. The van der Waals surface area contributed by atoms with Crippen molar-refractivity contribution >= 4 is 11.0 Å². The molecular weight excluding hydrogens is 354 g/mol. The van der Waals surface area contributed by atoms with E-state index < -0.39 is 6.10 Å². The highest BCUT2D eigenvalue weighted by Crippen LogP contribution is 2.21. The highest BCUT2D eigenvalue weighted by molar-refractivity contribution is 5.76. The topological polar surface area (TPSA) is 68.4 Å². The third-order valence-electron chi connectivity index (χ3n) is 5.28. The summed E-state index contributed by atoms with van der Waals surface area (Å²) in [4.78, 5) is 12.0. The fraction of sp³-hybridized carbons (Fsp3) is 0.409. The number of nitrogens with one attached hydrogen (secondary N) is 1. The number of hydrogen-bond acceptors (Lipinski definition) is 4. The smallest absolute Gasteiger partial charge is 0.328 e. The van der Waals surface area contributed by atoms with Crippen LogP contribution >= 0.6 is 0 Å². The largest absolute Gasteiger partial charge is 0.491 e. The number of hydrogen-bond donors (Lipinski definition) is 2. The van der Waals surface area contributed by atoms with Crippen LogP contribution in [0.4, 0.5) is 0 Å². The molecule has 0 saturated carbocycles. The predicted octanol–water partition coefficient (Wildman–Crippen LogP) is 2.88. The lowest BCUT2D eigenvalue weighted by Crippen LogP contribution is -2.24. The number of aliphatic hydroxyl groups excluding tert-OH is 1. The van der Waals surface area contributed by atoms with Crippen molar-refractivity contribution < 1.29 is 9.84 Å². The van der Waals surface area contributed by atoms with Gasteiger partial charge in [0.15, 0.2) is 0 Å². The Morgan fingerprint density at radius 2 is 1.75 bits per heavy atom. The van der Waals surface area contributed by atoms with E-state index >= 15 is 0 Å². The van der Waals surface area contributed by atoms with Gasteiger partial charge in [-0.1, -0.05) is 25.1 Å². The van der Waals surface area contributed by atoms with Gasteiger partial charge < -0.3 is 15.2 Å². The summed E-state index contributed by atoms with van der Waals surface area (Å²) in [5, 5.41) is 14.0. The van der Waals surface area contributed by atoms with E-state index in [1.54, 1.807) is 23.2 Å². The van der Waals surface area contributed by atoms with Gasteiger partial charge >= 0.3 is 5.69 Å². The molecule has 3 aromatic rings. The first-order valence-corrected chi connectivity index (χ1v) is 9.69. The Balaban J connectivity index is 1.62. The van der Waals surface area contributed by atoms with E-state index in [-0.39, 0.29) is 12.3 Å². The number of nitrogens with zero attached hydrogens (tertiary/aromatic N) is 2. The molecule has 0 unspecified atom stereocenters. The highest BCUT2D eigenvalue weighted by Gasteiger charge is 2.13. The SMILES string of the molecule is CC[C@H](C)NCc1ccc(OC[C@@H](O)c2ccc3c(c2)n(C)c(=O)n3C)cc1. The van der Waals surface area contributed by atoms with Gasteiger partial charge in [0.1, 0.15) is 18.5 Å². The molecule has 2 N–H and O–H groups in total. The Labute approximate surface area is 165 Å². The van der Waals surface area contributed by atoms with Gasteiger partial charge in [0.05, 0.1) is 11.0 Å². The van der Waals surface area contributed by atoms with Crippen molar-refractivity contribution in [3.63, 3.8) is 0 Å². The zero-order chi connectivity index (χ0) is 20.3. The molecule has 28 heavy (non-hydrogen) atoms. The highest BCUT2D eigenvalue weighted by atomic mass is 16.5. The third-order valence-corrected chi connectivity index (χ3v) is 5.28. The van der Waals surface area contributed by atoms with E-state index in [4.69, 9.17) is 4.74 Å². The van der Waals surface area contributed by atoms with Crippen LogP contribution in [0.15, 0.2) is 47.3 Å². The minimum Gasteiger partial charge on any atom is -0.491 e. The monoisotopic (exact) mass is 383 g/mol. The van der Waals surface area contributed by atoms with Crippen molar-refractivity contribution in [2.75, 3.05) is 6.61 Å². The molecule has 0 aliphatic heterocycles. The van der Waals surface area contributed by atoms with Crippen LogP contribution in [0, 0.1) is 0 Å². The summed E-state index contributed by atoms with van der Waals surface area (Å²) in [5.74, 6) is 0.722. The number of aryl methyl sites for hydroxylation is 2. The number of rotatable bonds is 8. The molecule has 0 spiro atoms. The van der Waals surface area contributed by atoms with E-state index in [1.807, 2.05) is 42.5 Å². The first-order valence-electron chi connectivity index (χ1n) is 9.69. The molecule has 0 bridgehead atoms. The Kier molecular flexibility index (Phi) is 6.21. The number of ether oxygens (including phenoxy) is 1. The minimum absolute atomic E-state index is 0.0826. The summed E-state index contributed by atoms with van der Waals surface area (Å²) in [6, 6.07) is 13.9. The number of fused-ring (bicyclic) bond motifs is 1. The molecular formula is C22H29N3O3. The fourth-order valence-corrected chi connectivity index (χ4v) is 3.14. The summed E-state index contributed by atoms with van der Waals surface area (Å²) in [7, 11) is 3.47. The third kappa shape index (κ3) is 4.29. The Hall–Kier alpha value is -2.57. The zero-order valence-electron chi connectivity index (χ0n) is 17.0. The number of aliphatic hydroxyl groups is 1. The second-order valence-corrected chi connectivity index (χ2v) is 7.31. The van der Waals surface area contributed by atoms with Crippen molar-refractivity contribution in [2.24, 2.45) is 14.1 Å². The van der Waals surface area contributed by atoms with Gasteiger partial charge in [-0.15, -0.1) is 0 Å². The molecule has 1 aromatic heterocycles. The lowest BCUT2D eigenvalue weighted by molar-refractivity contribution is 0.108. The van der Waals surface area contributed by atoms with Gasteiger partial charge in [0.2, 0.25) is 0 Å². The van der Waals surface area contributed by atoms with Gasteiger partial charge in [-0.3, -0.25) is 9.13 Å². The standard InChI is InChI=1S/C22H29N3O3/c1-5-15(2)23-13-16-6-9-18(10-7-16)28-14-21(26)17-8-11-19-20(12-17)25(4)22(27)24(19)3/h6-12,15,21,23,26H,5,13-14H2,1-4H3/t15-,21+/m0/s1. The average Bonchev–Trinajstić information content (AvgIpc) is 2.94. The van der Waals surface area contributed by atoms with Crippen LogP contribution in [0.1, 0.15) is 37.5 Å². The summed E-state index contributed by atoms with van der Waals surface area (Å²) in [6.07, 6.45) is 0.327. The summed E-state index contributed by atoms with van der Waals surface area (Å²) in [5.41, 5.74) is 3.47. The molecule has 1 heterocycles. The second-order valence-electron chi connectivity index (χ2n) is 7.31. The molecule has 0 saturated heterocycles. The molecule has 0 amide bonds. The van der Waals surface area contributed by atoms with Crippen molar-refractivity contribution in [2.45, 2.75) is 39.0 Å². The summed E-state index contributed by atoms with van der Waals surface area (Å²) >= 11 is 0. The number of benzene rings is 2. The van der Waals surface area contributed by atoms with Crippen molar-refractivity contribution in [1.29, 1.82) is 0 Å². The maximum Gasteiger partial charge on any atom is 0.328 e. The summed E-state index contributed by atoms with van der Waals surface area (Å²) in [6.45, 7) is 5.31. The number of aromatic nitrogens is 2. The molecule has 2 aromatic carbocycles. The first kappa shape index (κ1) is 20.2. The first-order chi connectivity index (χ1) is 13.4. The molecule has 3 rings (SSSR count). The van der Waals surface area contributed by atoms with E-state index in [2.05, 4.69) is 19.2 Å². The van der Waals surface area contributed by atoms with Crippen LogP contribution in [0.25, 0.3) is 11.0 Å². The lowest BCUT2D eigenvalue weighted by Gasteiger charge is -2.14. The molecule has 0 aliphatic rings. The second kappa shape index (κ2) is 8.63. The maximum atomic E-state index is 12.0. The average molecular weight is 383 g/mol. The molecule has 150 valence electrons. The normalized spacial score (nSPS) is 13.6. The zero-order valence-corrected chi connectivity index (χ0v) is 17.0. The Bertz CT molecular complexity index is 989. The van der Waals surface area contributed by atoms with Crippen LogP contribution in [0.3, 0.4) is 0 Å². The van der Waals surface area contributed by atoms with E-state index in [9.17, 15) is 9.90 Å². The van der Waals surface area contributed by atoms with Crippen LogP contribution in [-0.2, 0) is 20.6 Å². The molecule has 0 fully saturated rings. The van der Waals surface area contributed by atoms with E-state index in [1.165, 1.54) is 5.56 Å². The van der Waals surface area contributed by atoms with Gasteiger partial charge in [0.25, 0.3) is 0 Å². The molecule has 0 radical (unpaired) electrons. The van der Waals surface area contributed by atoms with Crippen LogP contribution in [-0.4, -0.2) is 26.9 Å². The molecule has 6 nitrogen and oxygen atoms in total. The van der Waals surface area contributed by atoms with Crippen molar-refractivity contribution in [1.82, 2.24) is 14.5 Å². The fourth-order valence-electron chi connectivity index (χ4n) is 3.14. The van der Waals surface area contributed by atoms with Crippen molar-refractivity contribution in [3.05, 3.63) is 64.1 Å². The number of imidazole rings is 1. The molecule has 6 heteroatoms. The molecule has 2 atom stereocenters. The van der Waals surface area contributed by atoms with Gasteiger partial charge in [-0.25, -0.2) is 4.79 Å². The van der Waals surface area contributed by atoms with E-state index in [0.29, 0.717) is 6.04 Å². The van der Waals surface area contributed by atoms with Crippen LogP contribution in [0.2, 0.25) is 0 Å². The van der Waals surface area contributed by atoms with Crippen LogP contribution < -0.4 is 15.7 Å². The minimum atomic E-state index is -0.772. The summed E-state index contributed by atoms with van der Waals surface area (Å²) < 4.78 is 8.93.